The molecule has 8 heteroatoms. The summed E-state index contributed by atoms with van der Waals surface area (Å²) in [5.74, 6) is 0. The van der Waals surface area contributed by atoms with Crippen LogP contribution in [0.1, 0.15) is 5.69 Å². The summed E-state index contributed by atoms with van der Waals surface area (Å²) in [6.07, 6.45) is 1.38. The number of aryl methyl sites for hydroxylation is 1. The first-order chi connectivity index (χ1) is 8.55. The van der Waals surface area contributed by atoms with Crippen LogP contribution in [0.25, 0.3) is 0 Å². The van der Waals surface area contributed by atoms with Crippen LogP contribution in [0.4, 0.5) is 0 Å². The number of rotatable bonds is 4. The number of hydrogen-bond donors (Lipinski definition) is 1. The molecule has 0 radical (unpaired) electrons. The van der Waals surface area contributed by atoms with Gasteiger partial charge in [-0.15, -0.1) is 0 Å². The van der Waals surface area contributed by atoms with Crippen molar-refractivity contribution in [1.29, 1.82) is 0 Å². The number of nitrogens with one attached hydrogen (secondary N) is 1. The third kappa shape index (κ3) is 2.76. The van der Waals surface area contributed by atoms with E-state index in [1.54, 1.807) is 6.92 Å². The molecule has 0 aromatic carbocycles. The number of hydrogen-bond acceptors (Lipinski definition) is 4. The lowest BCUT2D eigenvalue weighted by Crippen LogP contribution is -2.49. The van der Waals surface area contributed by atoms with Crippen LogP contribution in [0.2, 0.25) is 0 Å². The van der Waals surface area contributed by atoms with Gasteiger partial charge >= 0.3 is 0 Å². The van der Waals surface area contributed by atoms with Crippen molar-refractivity contribution in [3.63, 3.8) is 0 Å². The molecule has 0 amide bonds. The van der Waals surface area contributed by atoms with Gasteiger partial charge in [-0.2, -0.15) is 9.40 Å². The Kier molecular flexibility index (Phi) is 4.41. The summed E-state index contributed by atoms with van der Waals surface area (Å²) >= 11 is 3.39. The first-order valence-corrected chi connectivity index (χ1v) is 8.40. The van der Waals surface area contributed by atoms with Crippen molar-refractivity contribution in [3.05, 3.63) is 11.9 Å². The SMILES string of the molecule is Cc1[nH]ncc1S(=O)(=O)N1CCN(CCBr)CC1. The number of alkyl halides is 1. The molecule has 0 unspecified atom stereocenters. The zero-order valence-electron chi connectivity index (χ0n) is 10.3. The van der Waals surface area contributed by atoms with Gasteiger partial charge < -0.3 is 0 Å². The molecule has 1 aromatic heterocycles. The molecule has 1 fully saturated rings. The van der Waals surface area contributed by atoms with E-state index in [0.29, 0.717) is 18.8 Å². The third-order valence-electron chi connectivity index (χ3n) is 3.13. The van der Waals surface area contributed by atoms with Crippen LogP contribution in [-0.2, 0) is 10.0 Å². The summed E-state index contributed by atoms with van der Waals surface area (Å²) in [5, 5.41) is 7.37. The number of aromatic nitrogens is 2. The molecule has 1 aromatic rings. The number of halogens is 1. The van der Waals surface area contributed by atoms with Crippen molar-refractivity contribution in [1.82, 2.24) is 19.4 Å². The van der Waals surface area contributed by atoms with E-state index >= 15 is 0 Å². The van der Waals surface area contributed by atoms with E-state index in [4.69, 9.17) is 0 Å². The molecular weight excluding hydrogens is 320 g/mol. The lowest BCUT2D eigenvalue weighted by atomic mass is 10.4. The van der Waals surface area contributed by atoms with Gasteiger partial charge in [-0.3, -0.25) is 10.00 Å². The summed E-state index contributed by atoms with van der Waals surface area (Å²) in [4.78, 5) is 2.54. The normalized spacial score (nSPS) is 19.2. The van der Waals surface area contributed by atoms with E-state index < -0.39 is 10.0 Å². The Bertz CT molecular complexity index is 494. The predicted octanol–water partition coefficient (Wildman–Crippen LogP) is 0.419. The van der Waals surface area contributed by atoms with Crippen molar-refractivity contribution in [2.45, 2.75) is 11.8 Å². The largest absolute Gasteiger partial charge is 0.300 e. The van der Waals surface area contributed by atoms with E-state index in [1.165, 1.54) is 10.5 Å². The van der Waals surface area contributed by atoms with Crippen LogP contribution in [0.3, 0.4) is 0 Å². The van der Waals surface area contributed by atoms with Crippen LogP contribution in [0, 0.1) is 6.92 Å². The Hall–Kier alpha value is -0.440. The number of sulfonamides is 1. The monoisotopic (exact) mass is 336 g/mol. The van der Waals surface area contributed by atoms with Crippen molar-refractivity contribution in [2.24, 2.45) is 0 Å². The van der Waals surface area contributed by atoms with Crippen LogP contribution < -0.4 is 0 Å². The van der Waals surface area contributed by atoms with Gasteiger partial charge in [0, 0.05) is 38.1 Å². The van der Waals surface area contributed by atoms with E-state index in [9.17, 15) is 8.42 Å². The highest BCUT2D eigenvalue weighted by atomic mass is 79.9. The Morgan fingerprint density at radius 2 is 2.06 bits per heavy atom. The van der Waals surface area contributed by atoms with Gasteiger partial charge in [0.1, 0.15) is 4.90 Å². The first kappa shape index (κ1) is 14.0. The molecule has 0 saturated carbocycles. The molecule has 18 heavy (non-hydrogen) atoms. The van der Waals surface area contributed by atoms with E-state index in [-0.39, 0.29) is 4.90 Å². The second-order valence-corrected chi connectivity index (χ2v) is 6.99. The minimum Gasteiger partial charge on any atom is -0.300 e. The molecule has 0 atom stereocenters. The molecule has 2 rings (SSSR count). The summed E-state index contributed by atoms with van der Waals surface area (Å²) < 4.78 is 26.3. The second kappa shape index (κ2) is 5.68. The standard InChI is InChI=1S/C10H17BrN4O2S/c1-9-10(8-12-13-9)18(16,17)15-6-4-14(3-2-11)5-7-15/h8H,2-7H2,1H3,(H,12,13). The summed E-state index contributed by atoms with van der Waals surface area (Å²) in [7, 11) is -3.39. The zero-order chi connectivity index (χ0) is 13.2. The van der Waals surface area contributed by atoms with Crippen LogP contribution in [-0.4, -0.2) is 65.9 Å². The average Bonchev–Trinajstić information content (AvgIpc) is 2.77. The molecule has 1 aliphatic rings. The van der Waals surface area contributed by atoms with Gasteiger partial charge in [0.05, 0.1) is 11.9 Å². The van der Waals surface area contributed by atoms with Crippen LogP contribution >= 0.6 is 15.9 Å². The van der Waals surface area contributed by atoms with E-state index in [0.717, 1.165) is 25.0 Å². The molecule has 1 saturated heterocycles. The number of nitrogens with zero attached hydrogens (tertiary/aromatic N) is 3. The number of piperazine rings is 1. The fourth-order valence-corrected chi connectivity index (χ4v) is 4.09. The molecule has 0 spiro atoms. The van der Waals surface area contributed by atoms with E-state index in [1.807, 2.05) is 0 Å². The molecule has 2 heterocycles. The maximum Gasteiger partial charge on any atom is 0.246 e. The minimum atomic E-state index is -3.39. The van der Waals surface area contributed by atoms with Gasteiger partial charge in [0.15, 0.2) is 0 Å². The Balaban J connectivity index is 2.08. The molecular formula is C10H17BrN4O2S. The maximum absolute atomic E-state index is 12.4. The molecule has 1 aliphatic heterocycles. The lowest BCUT2D eigenvalue weighted by Gasteiger charge is -2.33. The summed E-state index contributed by atoms with van der Waals surface area (Å²) in [5.41, 5.74) is 0.595. The van der Waals surface area contributed by atoms with Gasteiger partial charge in [-0.05, 0) is 6.92 Å². The van der Waals surface area contributed by atoms with Gasteiger partial charge in [0.2, 0.25) is 10.0 Å². The molecule has 102 valence electrons. The Morgan fingerprint density at radius 1 is 1.39 bits per heavy atom. The molecule has 1 N–H and O–H groups in total. The number of H-pyrrole nitrogens is 1. The first-order valence-electron chi connectivity index (χ1n) is 5.84. The smallest absolute Gasteiger partial charge is 0.246 e. The quantitative estimate of drug-likeness (QED) is 0.809. The lowest BCUT2D eigenvalue weighted by molar-refractivity contribution is 0.198. The maximum atomic E-state index is 12.4. The Labute approximate surface area is 116 Å². The van der Waals surface area contributed by atoms with Crippen molar-refractivity contribution >= 4 is 26.0 Å². The van der Waals surface area contributed by atoms with Crippen molar-refractivity contribution < 1.29 is 8.42 Å². The molecule has 0 aliphatic carbocycles. The van der Waals surface area contributed by atoms with Crippen LogP contribution in [0.15, 0.2) is 11.1 Å². The topological polar surface area (TPSA) is 69.3 Å². The van der Waals surface area contributed by atoms with Crippen molar-refractivity contribution in [3.8, 4) is 0 Å². The van der Waals surface area contributed by atoms with Crippen molar-refractivity contribution in [2.75, 3.05) is 38.1 Å². The highest BCUT2D eigenvalue weighted by Gasteiger charge is 2.30. The summed E-state index contributed by atoms with van der Waals surface area (Å²) in [6.45, 7) is 5.32. The van der Waals surface area contributed by atoms with Gasteiger partial charge in [0.25, 0.3) is 0 Å². The molecule has 6 nitrogen and oxygen atoms in total. The third-order valence-corrected chi connectivity index (χ3v) is 5.50. The fourth-order valence-electron chi connectivity index (χ4n) is 2.05. The summed E-state index contributed by atoms with van der Waals surface area (Å²) in [6, 6.07) is 0. The van der Waals surface area contributed by atoms with Gasteiger partial charge in [-0.1, -0.05) is 15.9 Å². The molecule has 0 bridgehead atoms. The second-order valence-electron chi connectivity index (χ2n) is 4.29. The minimum absolute atomic E-state index is 0.288. The number of aromatic amines is 1. The van der Waals surface area contributed by atoms with Gasteiger partial charge in [-0.25, -0.2) is 8.42 Å². The van der Waals surface area contributed by atoms with E-state index in [2.05, 4.69) is 31.0 Å². The fraction of sp³-hybridized carbons (Fsp3) is 0.700. The van der Waals surface area contributed by atoms with Crippen LogP contribution in [0.5, 0.6) is 0 Å². The highest BCUT2D eigenvalue weighted by molar-refractivity contribution is 9.09. The highest BCUT2D eigenvalue weighted by Crippen LogP contribution is 2.19. The zero-order valence-corrected chi connectivity index (χ0v) is 12.7. The predicted molar refractivity (Wildman–Crippen MR) is 72.3 cm³/mol. The Morgan fingerprint density at radius 3 is 2.56 bits per heavy atom. The average molecular weight is 337 g/mol.